The smallest absolute Gasteiger partial charge is 0.255 e. The third-order valence-electron chi connectivity index (χ3n) is 4.91. The summed E-state index contributed by atoms with van der Waals surface area (Å²) in [7, 11) is -4.62. The van der Waals surface area contributed by atoms with E-state index in [4.69, 9.17) is 11.6 Å². The third kappa shape index (κ3) is 4.17. The molecule has 0 saturated heterocycles. The van der Waals surface area contributed by atoms with Gasteiger partial charge in [0, 0.05) is 23.4 Å². The molecule has 1 saturated carbocycles. The normalized spacial score (nSPS) is 22.0. The van der Waals surface area contributed by atoms with Crippen LogP contribution in [0.2, 0.25) is 5.02 Å². The number of nitrogens with one attached hydrogen (secondary N) is 1. The van der Waals surface area contributed by atoms with E-state index in [0.717, 1.165) is 18.2 Å². The van der Waals surface area contributed by atoms with Gasteiger partial charge >= 0.3 is 0 Å². The van der Waals surface area contributed by atoms with E-state index in [0.29, 0.717) is 12.1 Å². The van der Waals surface area contributed by atoms with Gasteiger partial charge in [-0.25, -0.2) is 26.0 Å². The number of aliphatic hydroxyl groups is 1. The van der Waals surface area contributed by atoms with Crippen molar-refractivity contribution in [2.75, 3.05) is 5.32 Å². The number of sulfone groups is 1. The van der Waals surface area contributed by atoms with Crippen molar-refractivity contribution in [2.24, 2.45) is 0 Å². The van der Waals surface area contributed by atoms with Gasteiger partial charge < -0.3 is 10.4 Å². The molecule has 2 aromatic rings. The lowest BCUT2D eigenvalue weighted by Gasteiger charge is -2.31. The minimum absolute atomic E-state index is 0.0464. The van der Waals surface area contributed by atoms with E-state index in [1.54, 1.807) is 0 Å². The molecule has 0 atom stereocenters. The lowest BCUT2D eigenvalue weighted by molar-refractivity contribution is 0.0762. The monoisotopic (exact) mass is 465 g/mol. The maximum atomic E-state index is 15.2. The molecule has 0 bridgehead atoms. The Kier molecular flexibility index (Phi) is 6.13. The van der Waals surface area contributed by atoms with Crippen LogP contribution in [-0.4, -0.2) is 30.5 Å². The van der Waals surface area contributed by atoms with Crippen LogP contribution in [-0.2, 0) is 9.84 Å². The number of hydrogen-bond acceptors (Lipinski definition) is 4. The molecule has 0 aliphatic heterocycles. The highest BCUT2D eigenvalue weighted by Crippen LogP contribution is 2.42. The summed E-state index contributed by atoms with van der Waals surface area (Å²) in [5.74, 6) is -5.73. The zero-order chi connectivity index (χ0) is 22.3. The van der Waals surface area contributed by atoms with Crippen LogP contribution in [0, 0.1) is 17.5 Å². The summed E-state index contributed by atoms with van der Waals surface area (Å²) in [6.45, 7) is 0. The molecule has 1 fully saturated rings. The van der Waals surface area contributed by atoms with Crippen molar-refractivity contribution in [1.29, 1.82) is 0 Å². The number of alkyl halides is 1. The lowest BCUT2D eigenvalue weighted by atomic mass is 9.96. The molecule has 0 aromatic heterocycles. The van der Waals surface area contributed by atoms with E-state index >= 15 is 4.39 Å². The van der Waals surface area contributed by atoms with Gasteiger partial charge in [-0.05, 0) is 43.9 Å². The van der Waals surface area contributed by atoms with Crippen molar-refractivity contribution >= 4 is 33.0 Å². The molecule has 2 N–H and O–H groups in total. The van der Waals surface area contributed by atoms with Gasteiger partial charge in [-0.15, -0.1) is 0 Å². The minimum atomic E-state index is -4.62. The van der Waals surface area contributed by atoms with E-state index in [1.807, 2.05) is 0 Å². The molecule has 0 radical (unpaired) electrons. The summed E-state index contributed by atoms with van der Waals surface area (Å²) in [6, 6.07) is 4.18. The van der Waals surface area contributed by atoms with Gasteiger partial charge in [0.25, 0.3) is 5.91 Å². The zero-order valence-electron chi connectivity index (χ0n) is 15.3. The molecule has 1 aliphatic rings. The molecule has 0 heterocycles. The van der Waals surface area contributed by atoms with Crippen LogP contribution in [0.5, 0.6) is 0 Å². The Hall–Kier alpha value is -2.17. The lowest BCUT2D eigenvalue weighted by Crippen LogP contribution is -2.39. The number of benzene rings is 2. The largest absolute Gasteiger partial charge is 0.393 e. The minimum Gasteiger partial charge on any atom is -0.393 e. The van der Waals surface area contributed by atoms with Gasteiger partial charge in [0.2, 0.25) is 14.8 Å². The molecule has 1 aliphatic carbocycles. The van der Waals surface area contributed by atoms with Gasteiger partial charge in [-0.1, -0.05) is 11.6 Å². The van der Waals surface area contributed by atoms with E-state index in [2.05, 4.69) is 5.32 Å². The molecule has 11 heteroatoms. The van der Waals surface area contributed by atoms with Gasteiger partial charge in [0.05, 0.1) is 16.0 Å². The second-order valence-electron chi connectivity index (χ2n) is 6.97. The first-order valence-electron chi connectivity index (χ1n) is 8.82. The van der Waals surface area contributed by atoms with Crippen LogP contribution >= 0.6 is 11.6 Å². The van der Waals surface area contributed by atoms with E-state index in [9.17, 15) is 31.5 Å². The summed E-state index contributed by atoms with van der Waals surface area (Å²) in [6.07, 6.45) is -1.76. The van der Waals surface area contributed by atoms with Crippen LogP contribution in [0.4, 0.5) is 23.2 Å². The Morgan fingerprint density at radius 3 is 2.23 bits per heavy atom. The summed E-state index contributed by atoms with van der Waals surface area (Å²) >= 11 is 5.95. The Bertz CT molecular complexity index is 1080. The summed E-state index contributed by atoms with van der Waals surface area (Å²) in [4.78, 5) is 11.8. The van der Waals surface area contributed by atoms with Crippen molar-refractivity contribution in [1.82, 2.24) is 0 Å². The first kappa shape index (κ1) is 22.5. The van der Waals surface area contributed by atoms with Crippen molar-refractivity contribution in [3.8, 4) is 0 Å². The molecule has 5 nitrogen and oxygen atoms in total. The molecule has 1 amide bonds. The second-order valence-corrected chi connectivity index (χ2v) is 9.56. The van der Waals surface area contributed by atoms with Crippen molar-refractivity contribution < 1.29 is 35.9 Å². The van der Waals surface area contributed by atoms with Crippen molar-refractivity contribution in [3.05, 3.63) is 58.4 Å². The van der Waals surface area contributed by atoms with E-state index in [1.165, 1.54) is 0 Å². The maximum absolute atomic E-state index is 15.2. The standard InChI is InChI=1S/C19H16ClF4NO4S/c20-13-2-1-10(18(27)25-11-8-14(21)17(23)15(22)9-11)7-16(13)30(28,29)19(24)5-3-12(26)4-6-19/h1-2,7-9,12,26H,3-6H2,(H,25,27)/t12-,19+. The number of carbonyl (C=O) groups excluding carboxylic acids is 1. The summed E-state index contributed by atoms with van der Waals surface area (Å²) < 4.78 is 80.7. The molecule has 162 valence electrons. The average molecular weight is 466 g/mol. The molecular formula is C19H16ClF4NO4S. The van der Waals surface area contributed by atoms with Crippen LogP contribution in [0.1, 0.15) is 36.0 Å². The van der Waals surface area contributed by atoms with Gasteiger partial charge in [0.1, 0.15) is 0 Å². The SMILES string of the molecule is O=C(Nc1cc(F)c(F)c(F)c1)c1ccc(Cl)c(S(=O)(=O)[C@]2(F)CC[C@H](O)CC2)c1. The number of aliphatic hydroxyl groups excluding tert-OH is 1. The second kappa shape index (κ2) is 8.16. The number of hydrogen-bond donors (Lipinski definition) is 2. The number of carbonyl (C=O) groups is 1. The molecular weight excluding hydrogens is 450 g/mol. The predicted molar refractivity (Wildman–Crippen MR) is 101 cm³/mol. The highest BCUT2D eigenvalue weighted by Gasteiger charge is 2.48. The van der Waals surface area contributed by atoms with Crippen LogP contribution in [0.25, 0.3) is 0 Å². The maximum Gasteiger partial charge on any atom is 0.255 e. The van der Waals surface area contributed by atoms with Crippen molar-refractivity contribution in [3.63, 3.8) is 0 Å². The number of rotatable bonds is 4. The van der Waals surface area contributed by atoms with Crippen LogP contribution in [0.15, 0.2) is 35.2 Å². The van der Waals surface area contributed by atoms with Gasteiger partial charge in [-0.2, -0.15) is 0 Å². The molecule has 2 aromatic carbocycles. The fraction of sp³-hybridized carbons (Fsp3) is 0.316. The Balaban J connectivity index is 1.92. The third-order valence-corrected chi connectivity index (χ3v) is 7.64. The fourth-order valence-corrected chi connectivity index (χ4v) is 5.38. The van der Waals surface area contributed by atoms with E-state index < -0.39 is 67.7 Å². The van der Waals surface area contributed by atoms with Gasteiger partial charge in [0.15, 0.2) is 17.5 Å². The molecule has 3 rings (SSSR count). The Morgan fingerprint density at radius 2 is 1.67 bits per heavy atom. The first-order valence-corrected chi connectivity index (χ1v) is 10.7. The van der Waals surface area contributed by atoms with E-state index in [-0.39, 0.29) is 23.4 Å². The summed E-state index contributed by atoms with van der Waals surface area (Å²) in [5.41, 5.74) is -0.679. The Morgan fingerprint density at radius 1 is 1.10 bits per heavy atom. The topological polar surface area (TPSA) is 83.5 Å². The van der Waals surface area contributed by atoms with Crippen LogP contribution in [0.3, 0.4) is 0 Å². The Labute approximate surface area is 174 Å². The predicted octanol–water partition coefficient (Wildman–Crippen LogP) is 4.38. The molecule has 0 spiro atoms. The fourth-order valence-electron chi connectivity index (χ4n) is 3.18. The average Bonchev–Trinajstić information content (AvgIpc) is 2.68. The quantitative estimate of drug-likeness (QED) is 0.518. The van der Waals surface area contributed by atoms with Gasteiger partial charge in [-0.3, -0.25) is 4.79 Å². The highest BCUT2D eigenvalue weighted by atomic mass is 35.5. The van der Waals surface area contributed by atoms with Crippen molar-refractivity contribution in [2.45, 2.75) is 41.7 Å². The number of amides is 1. The molecule has 0 unspecified atom stereocenters. The zero-order valence-corrected chi connectivity index (χ0v) is 16.8. The highest BCUT2D eigenvalue weighted by molar-refractivity contribution is 7.92. The number of halogens is 5. The number of anilines is 1. The first-order chi connectivity index (χ1) is 13.9. The van der Waals surface area contributed by atoms with Crippen LogP contribution < -0.4 is 5.32 Å². The molecule has 30 heavy (non-hydrogen) atoms. The summed E-state index contributed by atoms with van der Waals surface area (Å²) in [5, 5.41) is 8.67.